The van der Waals surface area contributed by atoms with Gasteiger partial charge in [0.2, 0.25) is 5.91 Å². The Morgan fingerprint density at radius 1 is 1.12 bits per heavy atom. The highest BCUT2D eigenvalue weighted by Crippen LogP contribution is 2.34. The number of nitrogens with zero attached hydrogens (tertiary/aromatic N) is 1. The fourth-order valence-corrected chi connectivity index (χ4v) is 4.86. The molecule has 2 saturated heterocycles. The SMILES string of the molecule is Cl.O=C(CCSc1ccc2c(c1)OCCO2)N1CC[C@@H]2CNC[C@@H]2CC1. The molecule has 7 heteroatoms. The fourth-order valence-electron chi connectivity index (χ4n) is 4.00. The minimum atomic E-state index is 0. The number of halogens is 1. The first-order chi connectivity index (χ1) is 12.3. The molecule has 4 rings (SSSR count). The van der Waals surface area contributed by atoms with Gasteiger partial charge in [-0.3, -0.25) is 4.79 Å². The third-order valence-electron chi connectivity index (χ3n) is 5.47. The lowest BCUT2D eigenvalue weighted by molar-refractivity contribution is -0.130. The molecule has 0 aliphatic carbocycles. The van der Waals surface area contributed by atoms with Crippen LogP contribution in [0.15, 0.2) is 23.1 Å². The molecule has 3 aliphatic heterocycles. The molecular formula is C19H27ClN2O3S. The number of benzene rings is 1. The second-order valence-electron chi connectivity index (χ2n) is 7.04. The summed E-state index contributed by atoms with van der Waals surface area (Å²) in [5.41, 5.74) is 0. The third-order valence-corrected chi connectivity index (χ3v) is 6.47. The van der Waals surface area contributed by atoms with Gasteiger partial charge in [0.05, 0.1) is 0 Å². The molecule has 1 aromatic carbocycles. The Labute approximate surface area is 165 Å². The van der Waals surface area contributed by atoms with Crippen LogP contribution in [0.2, 0.25) is 0 Å². The number of ether oxygens (including phenoxy) is 2. The van der Waals surface area contributed by atoms with Gasteiger partial charge in [0.25, 0.3) is 0 Å². The minimum Gasteiger partial charge on any atom is -0.486 e. The number of hydrogen-bond donors (Lipinski definition) is 1. The maximum atomic E-state index is 12.5. The van der Waals surface area contributed by atoms with Crippen LogP contribution in [0.1, 0.15) is 19.3 Å². The molecule has 0 spiro atoms. The Kier molecular flexibility index (Phi) is 6.95. The summed E-state index contributed by atoms with van der Waals surface area (Å²) in [4.78, 5) is 15.8. The largest absolute Gasteiger partial charge is 0.486 e. The third kappa shape index (κ3) is 4.59. The standard InChI is InChI=1S/C19H26N2O3S.ClH/c22-19(21-6-3-14-12-20-13-15(14)4-7-21)5-10-25-16-1-2-17-18(11-16)24-9-8-23-17;/h1-2,11,14-15,20H,3-10,12-13H2;1H/t14-,15+;. The van der Waals surface area contributed by atoms with Crippen molar-refractivity contribution in [1.29, 1.82) is 0 Å². The molecule has 0 aromatic heterocycles. The van der Waals surface area contributed by atoms with E-state index in [1.807, 2.05) is 18.2 Å². The van der Waals surface area contributed by atoms with Gasteiger partial charge in [-0.15, -0.1) is 24.2 Å². The van der Waals surface area contributed by atoms with Crippen LogP contribution in [0, 0.1) is 11.8 Å². The number of fused-ring (bicyclic) bond motifs is 2. The summed E-state index contributed by atoms with van der Waals surface area (Å²) in [7, 11) is 0. The van der Waals surface area contributed by atoms with E-state index in [9.17, 15) is 4.79 Å². The first-order valence-electron chi connectivity index (χ1n) is 9.30. The summed E-state index contributed by atoms with van der Waals surface area (Å²) in [6.07, 6.45) is 2.91. The molecule has 3 aliphatic rings. The molecule has 1 amide bonds. The lowest BCUT2D eigenvalue weighted by Crippen LogP contribution is -2.32. The van der Waals surface area contributed by atoms with Gasteiger partial charge in [-0.1, -0.05) is 0 Å². The highest BCUT2D eigenvalue weighted by atomic mass is 35.5. The Hall–Kier alpha value is -1.11. The van der Waals surface area contributed by atoms with Crippen LogP contribution in [-0.2, 0) is 4.79 Å². The van der Waals surface area contributed by atoms with E-state index < -0.39 is 0 Å². The zero-order chi connectivity index (χ0) is 17.1. The summed E-state index contributed by atoms with van der Waals surface area (Å²) in [6, 6.07) is 6.02. The van der Waals surface area contributed by atoms with Gasteiger partial charge in [0, 0.05) is 30.2 Å². The van der Waals surface area contributed by atoms with Crippen LogP contribution in [0.5, 0.6) is 11.5 Å². The van der Waals surface area contributed by atoms with Gasteiger partial charge in [0.1, 0.15) is 13.2 Å². The maximum absolute atomic E-state index is 12.5. The summed E-state index contributed by atoms with van der Waals surface area (Å²) < 4.78 is 11.2. The van der Waals surface area contributed by atoms with E-state index >= 15 is 0 Å². The molecule has 26 heavy (non-hydrogen) atoms. The van der Waals surface area contributed by atoms with Gasteiger partial charge < -0.3 is 19.7 Å². The van der Waals surface area contributed by atoms with Crippen molar-refractivity contribution in [1.82, 2.24) is 10.2 Å². The van der Waals surface area contributed by atoms with E-state index in [0.717, 1.165) is 73.0 Å². The summed E-state index contributed by atoms with van der Waals surface area (Å²) in [5, 5.41) is 3.48. The molecule has 3 heterocycles. The van der Waals surface area contributed by atoms with Crippen LogP contribution >= 0.6 is 24.2 Å². The van der Waals surface area contributed by atoms with Gasteiger partial charge in [-0.2, -0.15) is 0 Å². The van der Waals surface area contributed by atoms with Crippen molar-refractivity contribution in [2.45, 2.75) is 24.2 Å². The summed E-state index contributed by atoms with van der Waals surface area (Å²) in [5.74, 6) is 4.28. The van der Waals surface area contributed by atoms with E-state index in [-0.39, 0.29) is 12.4 Å². The topological polar surface area (TPSA) is 50.8 Å². The van der Waals surface area contributed by atoms with E-state index in [2.05, 4.69) is 10.2 Å². The van der Waals surface area contributed by atoms with E-state index in [1.165, 1.54) is 0 Å². The number of carbonyl (C=O) groups is 1. The zero-order valence-corrected chi connectivity index (χ0v) is 16.6. The van der Waals surface area contributed by atoms with Gasteiger partial charge in [-0.05, 0) is 56.0 Å². The molecule has 0 unspecified atom stereocenters. The average Bonchev–Trinajstić information content (AvgIpc) is 2.99. The van der Waals surface area contributed by atoms with Crippen LogP contribution in [-0.4, -0.2) is 56.0 Å². The molecule has 0 saturated carbocycles. The molecule has 144 valence electrons. The Morgan fingerprint density at radius 3 is 2.54 bits per heavy atom. The minimum absolute atomic E-state index is 0. The number of thioether (sulfide) groups is 1. The first-order valence-corrected chi connectivity index (χ1v) is 10.3. The maximum Gasteiger partial charge on any atom is 0.223 e. The molecule has 1 aromatic rings. The molecule has 5 nitrogen and oxygen atoms in total. The smallest absolute Gasteiger partial charge is 0.223 e. The predicted octanol–water partition coefficient (Wildman–Crippen LogP) is 2.82. The number of hydrogen-bond acceptors (Lipinski definition) is 5. The Bertz CT molecular complexity index is 617. The lowest BCUT2D eigenvalue weighted by atomic mass is 9.92. The highest BCUT2D eigenvalue weighted by Gasteiger charge is 2.31. The normalized spacial score (nSPS) is 24.4. The van der Waals surface area contributed by atoms with Crippen molar-refractivity contribution in [3.63, 3.8) is 0 Å². The second kappa shape index (κ2) is 9.20. The van der Waals surface area contributed by atoms with Gasteiger partial charge in [-0.25, -0.2) is 0 Å². The van der Waals surface area contributed by atoms with Crippen molar-refractivity contribution < 1.29 is 14.3 Å². The van der Waals surface area contributed by atoms with Crippen molar-refractivity contribution in [2.75, 3.05) is 45.1 Å². The molecule has 1 N–H and O–H groups in total. The number of nitrogens with one attached hydrogen (secondary N) is 1. The summed E-state index contributed by atoms with van der Waals surface area (Å²) >= 11 is 1.71. The van der Waals surface area contributed by atoms with E-state index in [0.29, 0.717) is 25.5 Å². The lowest BCUT2D eigenvalue weighted by Gasteiger charge is -2.21. The van der Waals surface area contributed by atoms with Gasteiger partial charge in [0.15, 0.2) is 11.5 Å². The monoisotopic (exact) mass is 398 g/mol. The molecule has 0 radical (unpaired) electrons. The fraction of sp³-hybridized carbons (Fsp3) is 0.632. The second-order valence-corrected chi connectivity index (χ2v) is 8.21. The summed E-state index contributed by atoms with van der Waals surface area (Å²) in [6.45, 7) is 5.33. The van der Waals surface area contributed by atoms with Crippen LogP contribution in [0.25, 0.3) is 0 Å². The van der Waals surface area contributed by atoms with Gasteiger partial charge >= 0.3 is 0 Å². The highest BCUT2D eigenvalue weighted by molar-refractivity contribution is 7.99. The Balaban J connectivity index is 0.00000196. The average molecular weight is 399 g/mol. The molecular weight excluding hydrogens is 372 g/mol. The number of amides is 1. The molecule has 2 fully saturated rings. The van der Waals surface area contributed by atoms with Crippen molar-refractivity contribution in [3.05, 3.63) is 18.2 Å². The number of likely N-dealkylation sites (tertiary alicyclic amines) is 1. The van der Waals surface area contributed by atoms with Crippen LogP contribution in [0.4, 0.5) is 0 Å². The molecule has 0 bridgehead atoms. The molecule has 2 atom stereocenters. The van der Waals surface area contributed by atoms with Crippen LogP contribution in [0.3, 0.4) is 0 Å². The van der Waals surface area contributed by atoms with E-state index in [1.54, 1.807) is 11.8 Å². The number of rotatable bonds is 4. The predicted molar refractivity (Wildman–Crippen MR) is 106 cm³/mol. The Morgan fingerprint density at radius 2 is 1.81 bits per heavy atom. The first kappa shape index (κ1) is 19.6. The van der Waals surface area contributed by atoms with Crippen molar-refractivity contribution >= 4 is 30.1 Å². The van der Waals surface area contributed by atoms with Crippen molar-refractivity contribution in [3.8, 4) is 11.5 Å². The zero-order valence-electron chi connectivity index (χ0n) is 14.9. The van der Waals surface area contributed by atoms with E-state index in [4.69, 9.17) is 9.47 Å². The quantitative estimate of drug-likeness (QED) is 0.790. The van der Waals surface area contributed by atoms with Crippen molar-refractivity contribution in [2.24, 2.45) is 11.8 Å². The van der Waals surface area contributed by atoms with Crippen LogP contribution < -0.4 is 14.8 Å². The number of carbonyl (C=O) groups excluding carboxylic acids is 1.